The van der Waals surface area contributed by atoms with Gasteiger partial charge in [-0.05, 0) is 37.1 Å². The number of hydrogen-bond acceptors (Lipinski definition) is 4. The van der Waals surface area contributed by atoms with Gasteiger partial charge in [0.05, 0.1) is 0 Å². The summed E-state index contributed by atoms with van der Waals surface area (Å²) in [5.74, 6) is 1.20. The zero-order valence-electron chi connectivity index (χ0n) is 8.40. The monoisotopic (exact) mass is 220 g/mol. The van der Waals surface area contributed by atoms with Crippen LogP contribution >= 0.6 is 11.6 Å². The van der Waals surface area contributed by atoms with Gasteiger partial charge in [0, 0.05) is 18.0 Å². The highest BCUT2D eigenvalue weighted by molar-refractivity contribution is 6.28. The molecule has 15 heavy (non-hydrogen) atoms. The van der Waals surface area contributed by atoms with E-state index < -0.39 is 0 Å². The molecule has 2 aromatic heterocycles. The fourth-order valence-electron chi connectivity index (χ4n) is 1.29. The first-order valence-corrected chi connectivity index (χ1v) is 4.84. The topological polar surface area (TPSA) is 51.6 Å². The Kier molecular flexibility index (Phi) is 2.60. The van der Waals surface area contributed by atoms with E-state index >= 15 is 0 Å². The van der Waals surface area contributed by atoms with E-state index in [1.165, 1.54) is 0 Å². The molecule has 0 fully saturated rings. The van der Waals surface area contributed by atoms with Crippen LogP contribution in [0.4, 0.5) is 0 Å². The lowest BCUT2D eigenvalue weighted by Gasteiger charge is -2.03. The summed E-state index contributed by atoms with van der Waals surface area (Å²) in [4.78, 5) is 16.2. The Labute approximate surface area is 92.4 Å². The molecule has 0 spiro atoms. The number of nitrogens with zero attached hydrogens (tertiary/aromatic N) is 4. The van der Waals surface area contributed by atoms with E-state index in [1.54, 1.807) is 19.3 Å². The number of rotatable bonds is 1. The van der Waals surface area contributed by atoms with Crippen molar-refractivity contribution in [3.8, 4) is 11.4 Å². The van der Waals surface area contributed by atoms with E-state index in [4.69, 9.17) is 11.6 Å². The molecule has 0 aliphatic carbocycles. The maximum atomic E-state index is 5.77. The van der Waals surface area contributed by atoms with E-state index in [9.17, 15) is 0 Å². The molecule has 4 nitrogen and oxygen atoms in total. The second-order valence-electron chi connectivity index (χ2n) is 3.17. The number of aromatic nitrogens is 4. The van der Waals surface area contributed by atoms with Crippen molar-refractivity contribution in [3.63, 3.8) is 0 Å². The lowest BCUT2D eigenvalue weighted by Crippen LogP contribution is -1.97. The van der Waals surface area contributed by atoms with Gasteiger partial charge in [-0.2, -0.15) is 4.98 Å². The van der Waals surface area contributed by atoms with Crippen LogP contribution in [0, 0.1) is 13.8 Å². The van der Waals surface area contributed by atoms with Crippen molar-refractivity contribution in [3.05, 3.63) is 35.1 Å². The van der Waals surface area contributed by atoms with Crippen molar-refractivity contribution in [2.24, 2.45) is 0 Å². The van der Waals surface area contributed by atoms with Crippen LogP contribution in [0.25, 0.3) is 11.4 Å². The maximum Gasteiger partial charge on any atom is 0.226 e. The number of halogens is 1. The summed E-state index contributed by atoms with van der Waals surface area (Å²) in [6, 6.07) is 1.86. The molecule has 0 bridgehead atoms. The summed E-state index contributed by atoms with van der Waals surface area (Å²) in [5.41, 5.74) is 1.94. The smallest absolute Gasteiger partial charge is 0.226 e. The number of aryl methyl sites for hydroxylation is 2. The Morgan fingerprint density at radius 1 is 1.13 bits per heavy atom. The molecule has 5 heteroatoms. The fourth-order valence-corrected chi connectivity index (χ4v) is 1.50. The average Bonchev–Trinajstić information content (AvgIpc) is 2.16. The van der Waals surface area contributed by atoms with Crippen molar-refractivity contribution in [1.29, 1.82) is 0 Å². The molecule has 0 atom stereocenters. The van der Waals surface area contributed by atoms with Crippen LogP contribution in [0.15, 0.2) is 18.5 Å². The van der Waals surface area contributed by atoms with Crippen molar-refractivity contribution in [2.45, 2.75) is 13.8 Å². The molecule has 0 radical (unpaired) electrons. The molecule has 0 amide bonds. The Morgan fingerprint density at radius 2 is 1.93 bits per heavy atom. The molecule has 0 saturated heterocycles. The van der Waals surface area contributed by atoms with Crippen molar-refractivity contribution >= 4 is 11.6 Å². The minimum atomic E-state index is 0.216. The molecule has 2 heterocycles. The molecular weight excluding hydrogens is 212 g/mol. The van der Waals surface area contributed by atoms with Gasteiger partial charge >= 0.3 is 0 Å². The van der Waals surface area contributed by atoms with Crippen LogP contribution in [0.2, 0.25) is 5.28 Å². The van der Waals surface area contributed by atoms with E-state index in [2.05, 4.69) is 19.9 Å². The van der Waals surface area contributed by atoms with Gasteiger partial charge in [-0.1, -0.05) is 0 Å². The summed E-state index contributed by atoms with van der Waals surface area (Å²) in [6.45, 7) is 3.74. The Bertz CT molecular complexity index is 478. The van der Waals surface area contributed by atoms with Gasteiger partial charge in [-0.25, -0.2) is 9.97 Å². The van der Waals surface area contributed by atoms with Gasteiger partial charge in [0.25, 0.3) is 0 Å². The highest BCUT2D eigenvalue weighted by Crippen LogP contribution is 2.19. The third-order valence-corrected chi connectivity index (χ3v) is 2.15. The van der Waals surface area contributed by atoms with Crippen molar-refractivity contribution in [2.75, 3.05) is 0 Å². The van der Waals surface area contributed by atoms with E-state index in [0.717, 1.165) is 11.1 Å². The summed E-state index contributed by atoms with van der Waals surface area (Å²) in [6.07, 6.45) is 3.47. The fraction of sp³-hybridized carbons (Fsp3) is 0.200. The minimum Gasteiger partial charge on any atom is -0.264 e. The van der Waals surface area contributed by atoms with E-state index in [1.807, 2.05) is 13.0 Å². The first-order chi connectivity index (χ1) is 7.16. The Hall–Kier alpha value is -1.55. The first kappa shape index (κ1) is 9.98. The lowest BCUT2D eigenvalue weighted by molar-refractivity contribution is 0.981. The summed E-state index contributed by atoms with van der Waals surface area (Å²) >= 11 is 5.77. The first-order valence-electron chi connectivity index (χ1n) is 4.46. The molecule has 0 saturated carbocycles. The third kappa shape index (κ3) is 2.10. The van der Waals surface area contributed by atoms with E-state index in [0.29, 0.717) is 11.6 Å². The van der Waals surface area contributed by atoms with E-state index in [-0.39, 0.29) is 5.28 Å². The molecule has 0 unspecified atom stereocenters. The number of pyridine rings is 1. The molecule has 0 aliphatic heterocycles. The van der Waals surface area contributed by atoms with Gasteiger partial charge < -0.3 is 0 Å². The van der Waals surface area contributed by atoms with Crippen molar-refractivity contribution in [1.82, 2.24) is 19.9 Å². The third-order valence-electron chi connectivity index (χ3n) is 1.98. The minimum absolute atomic E-state index is 0.216. The van der Waals surface area contributed by atoms with Crippen LogP contribution in [0.1, 0.15) is 11.4 Å². The van der Waals surface area contributed by atoms with Gasteiger partial charge in [0.2, 0.25) is 5.28 Å². The highest BCUT2D eigenvalue weighted by atomic mass is 35.5. The normalized spacial score (nSPS) is 10.3. The molecule has 2 aromatic rings. The largest absolute Gasteiger partial charge is 0.264 e. The summed E-state index contributed by atoms with van der Waals surface area (Å²) in [7, 11) is 0. The molecule has 0 N–H and O–H groups in total. The zero-order valence-corrected chi connectivity index (χ0v) is 9.15. The maximum absolute atomic E-state index is 5.77. The number of hydrogen-bond donors (Lipinski definition) is 0. The SMILES string of the molecule is Cc1nc(Cl)nc(-c2ccncc2C)n1. The molecule has 0 aromatic carbocycles. The standard InChI is InChI=1S/C10H9ClN4/c1-6-5-12-4-3-8(6)9-13-7(2)14-10(11)15-9/h3-5H,1-2H3. The summed E-state index contributed by atoms with van der Waals surface area (Å²) < 4.78 is 0. The van der Waals surface area contributed by atoms with Crippen molar-refractivity contribution < 1.29 is 0 Å². The van der Waals surface area contributed by atoms with Crippen LogP contribution in [0.3, 0.4) is 0 Å². The lowest BCUT2D eigenvalue weighted by atomic mass is 10.1. The second kappa shape index (κ2) is 3.90. The molecular formula is C10H9ClN4. The van der Waals surface area contributed by atoms with Gasteiger partial charge in [0.1, 0.15) is 5.82 Å². The van der Waals surface area contributed by atoms with Crippen LogP contribution in [-0.2, 0) is 0 Å². The average molecular weight is 221 g/mol. The van der Waals surface area contributed by atoms with Crippen LogP contribution in [0.5, 0.6) is 0 Å². The second-order valence-corrected chi connectivity index (χ2v) is 3.50. The Morgan fingerprint density at radius 3 is 2.60 bits per heavy atom. The quantitative estimate of drug-likeness (QED) is 0.740. The summed E-state index contributed by atoms with van der Waals surface area (Å²) in [5, 5.41) is 0.216. The van der Waals surface area contributed by atoms with Gasteiger partial charge in [-0.3, -0.25) is 4.98 Å². The highest BCUT2D eigenvalue weighted by Gasteiger charge is 2.07. The molecule has 0 aliphatic rings. The predicted molar refractivity (Wildman–Crippen MR) is 57.5 cm³/mol. The Balaban J connectivity index is 2.59. The van der Waals surface area contributed by atoms with Gasteiger partial charge in [-0.15, -0.1) is 0 Å². The van der Waals surface area contributed by atoms with Gasteiger partial charge in [0.15, 0.2) is 5.82 Å². The molecule has 2 rings (SSSR count). The molecule has 76 valence electrons. The van der Waals surface area contributed by atoms with Crippen LogP contribution in [-0.4, -0.2) is 19.9 Å². The zero-order chi connectivity index (χ0) is 10.8. The van der Waals surface area contributed by atoms with Crippen LogP contribution < -0.4 is 0 Å². The predicted octanol–water partition coefficient (Wildman–Crippen LogP) is 2.20.